The van der Waals surface area contributed by atoms with Crippen molar-refractivity contribution >= 4 is 35.0 Å². The molecule has 0 unspecified atom stereocenters. The van der Waals surface area contributed by atoms with Crippen molar-refractivity contribution in [1.29, 1.82) is 0 Å². The number of para-hydroxylation sites is 3. The molecule has 1 heterocycles. The average Bonchev–Trinajstić information content (AvgIpc) is 3.05. The number of amides is 4. The smallest absolute Gasteiger partial charge is 0.341 e. The van der Waals surface area contributed by atoms with Gasteiger partial charge in [-0.3, -0.25) is 0 Å². The lowest BCUT2D eigenvalue weighted by atomic mass is 10.3. The molecular formula is C35H42ClN7O4. The van der Waals surface area contributed by atoms with Crippen LogP contribution in [0.4, 0.5) is 21.0 Å². The van der Waals surface area contributed by atoms with Gasteiger partial charge in [0.1, 0.15) is 17.2 Å². The summed E-state index contributed by atoms with van der Waals surface area (Å²) in [6, 6.07) is 25.6. The zero-order valence-electron chi connectivity index (χ0n) is 27.2. The van der Waals surface area contributed by atoms with Crippen LogP contribution in [0.25, 0.3) is 0 Å². The summed E-state index contributed by atoms with van der Waals surface area (Å²) in [5.74, 6) is 1.68. The maximum absolute atomic E-state index is 14.3. The van der Waals surface area contributed by atoms with Gasteiger partial charge in [0.15, 0.2) is 5.75 Å². The Bertz CT molecular complexity index is 1570. The van der Waals surface area contributed by atoms with Crippen molar-refractivity contribution in [1.82, 2.24) is 25.1 Å². The summed E-state index contributed by atoms with van der Waals surface area (Å²) in [6.07, 6.45) is 2.85. The largest absolute Gasteiger partial charge is 0.455 e. The molecule has 12 heteroatoms. The van der Waals surface area contributed by atoms with Crippen molar-refractivity contribution < 1.29 is 19.1 Å². The summed E-state index contributed by atoms with van der Waals surface area (Å²) < 4.78 is 12.2. The number of rotatable bonds is 14. The van der Waals surface area contributed by atoms with Crippen molar-refractivity contribution in [2.75, 3.05) is 64.7 Å². The summed E-state index contributed by atoms with van der Waals surface area (Å²) in [6.45, 7) is 2.05. The Labute approximate surface area is 281 Å². The number of benzene rings is 3. The molecule has 2 N–H and O–H groups in total. The highest BCUT2D eigenvalue weighted by Crippen LogP contribution is 2.33. The predicted molar refractivity (Wildman–Crippen MR) is 187 cm³/mol. The van der Waals surface area contributed by atoms with E-state index < -0.39 is 12.1 Å². The standard InChI is InChI=1S/C35H42ClN7O4/c1-40(2)24-11-23-38-34(44)43(31-16-10-22-37-33(31)47-29-20-18-27(36)19-21-29)42(26-12-25-41(3)4)35(45)39-30-15-8-9-17-32(30)46-28-13-6-5-7-14-28/h5-10,13-22H,11-12,23-26H2,1-4H3,(H,38,44)(H,39,45). The monoisotopic (exact) mass is 659 g/mol. The third kappa shape index (κ3) is 10.9. The fourth-order valence-electron chi connectivity index (χ4n) is 4.53. The number of pyridine rings is 1. The van der Waals surface area contributed by atoms with E-state index in [0.717, 1.165) is 6.54 Å². The van der Waals surface area contributed by atoms with E-state index in [9.17, 15) is 9.59 Å². The molecule has 0 spiro atoms. The van der Waals surface area contributed by atoms with Crippen molar-refractivity contribution in [3.63, 3.8) is 0 Å². The van der Waals surface area contributed by atoms with Crippen molar-refractivity contribution in [2.45, 2.75) is 12.8 Å². The number of hydrogen-bond donors (Lipinski definition) is 2. The molecule has 11 nitrogen and oxygen atoms in total. The normalized spacial score (nSPS) is 10.9. The van der Waals surface area contributed by atoms with E-state index in [1.165, 1.54) is 10.0 Å². The second-order valence-corrected chi connectivity index (χ2v) is 11.6. The summed E-state index contributed by atoms with van der Waals surface area (Å²) in [5.41, 5.74) is 0.718. The number of urea groups is 2. The Kier molecular flexibility index (Phi) is 13.2. The first-order valence-electron chi connectivity index (χ1n) is 15.4. The summed E-state index contributed by atoms with van der Waals surface area (Å²) >= 11 is 6.09. The van der Waals surface area contributed by atoms with Gasteiger partial charge in [0.05, 0.1) is 5.69 Å². The number of hydrogen-bond acceptors (Lipinski definition) is 7. The van der Waals surface area contributed by atoms with Crippen LogP contribution in [0, 0.1) is 0 Å². The number of hydrazine groups is 1. The molecular weight excluding hydrogens is 618 g/mol. The van der Waals surface area contributed by atoms with Crippen LogP contribution in [0.2, 0.25) is 5.02 Å². The van der Waals surface area contributed by atoms with Gasteiger partial charge in [-0.15, -0.1) is 0 Å². The molecule has 1 aromatic heterocycles. The Morgan fingerprint density at radius 2 is 1.38 bits per heavy atom. The molecule has 0 atom stereocenters. The van der Waals surface area contributed by atoms with E-state index in [1.54, 1.807) is 60.8 Å². The Hall–Kier alpha value is -4.84. The number of carbonyl (C=O) groups excluding carboxylic acids is 2. The van der Waals surface area contributed by atoms with Gasteiger partial charge in [-0.2, -0.15) is 5.01 Å². The number of anilines is 2. The summed E-state index contributed by atoms with van der Waals surface area (Å²) in [5, 5.41) is 9.17. The second-order valence-electron chi connectivity index (χ2n) is 11.2. The van der Waals surface area contributed by atoms with E-state index in [2.05, 4.69) is 15.6 Å². The fraction of sp³-hybridized carbons (Fsp3) is 0.286. The minimum Gasteiger partial charge on any atom is -0.455 e. The van der Waals surface area contributed by atoms with Crippen molar-refractivity contribution in [3.8, 4) is 23.1 Å². The van der Waals surface area contributed by atoms with Gasteiger partial charge in [0.2, 0.25) is 5.88 Å². The topological polar surface area (TPSA) is 103 Å². The van der Waals surface area contributed by atoms with Gasteiger partial charge < -0.3 is 29.9 Å². The highest BCUT2D eigenvalue weighted by molar-refractivity contribution is 6.30. The van der Waals surface area contributed by atoms with Crippen LogP contribution in [0.3, 0.4) is 0 Å². The molecule has 0 saturated heterocycles. The van der Waals surface area contributed by atoms with Crippen LogP contribution in [0.5, 0.6) is 23.1 Å². The highest BCUT2D eigenvalue weighted by Gasteiger charge is 2.31. The van der Waals surface area contributed by atoms with Gasteiger partial charge in [0.25, 0.3) is 0 Å². The van der Waals surface area contributed by atoms with E-state index in [1.807, 2.05) is 74.4 Å². The number of halogens is 1. The molecule has 4 rings (SSSR count). The van der Waals surface area contributed by atoms with E-state index in [4.69, 9.17) is 21.1 Å². The number of nitrogens with one attached hydrogen (secondary N) is 2. The van der Waals surface area contributed by atoms with Gasteiger partial charge in [0, 0.05) is 24.3 Å². The lowest BCUT2D eigenvalue weighted by molar-refractivity contribution is 0.193. The van der Waals surface area contributed by atoms with Crippen LogP contribution in [-0.4, -0.2) is 86.2 Å². The molecule has 0 aliphatic carbocycles. The minimum atomic E-state index is -0.544. The summed E-state index contributed by atoms with van der Waals surface area (Å²) in [4.78, 5) is 36.9. The van der Waals surface area contributed by atoms with Crippen LogP contribution in [-0.2, 0) is 0 Å². The van der Waals surface area contributed by atoms with Gasteiger partial charge >= 0.3 is 12.1 Å². The SMILES string of the molecule is CN(C)CCCNC(=O)N(c1cccnc1Oc1ccc(Cl)cc1)N(CCCN(C)C)C(=O)Nc1ccccc1Oc1ccccc1. The second kappa shape index (κ2) is 17.7. The van der Waals surface area contributed by atoms with Crippen LogP contribution >= 0.6 is 11.6 Å². The molecule has 4 aromatic rings. The molecule has 0 radical (unpaired) electrons. The van der Waals surface area contributed by atoms with Gasteiger partial charge in [-0.1, -0.05) is 41.9 Å². The fourth-order valence-corrected chi connectivity index (χ4v) is 4.66. The van der Waals surface area contributed by atoms with Gasteiger partial charge in [-0.25, -0.2) is 19.6 Å². The van der Waals surface area contributed by atoms with Gasteiger partial charge in [-0.05, 0) is 115 Å². The predicted octanol–water partition coefficient (Wildman–Crippen LogP) is 7.19. The average molecular weight is 660 g/mol. The first-order chi connectivity index (χ1) is 22.7. The van der Waals surface area contributed by atoms with E-state index in [0.29, 0.717) is 53.9 Å². The molecule has 0 fully saturated rings. The Balaban J connectivity index is 1.71. The number of nitrogens with zero attached hydrogens (tertiary/aromatic N) is 5. The van der Waals surface area contributed by atoms with E-state index >= 15 is 0 Å². The Morgan fingerprint density at radius 1 is 0.723 bits per heavy atom. The third-order valence-electron chi connectivity index (χ3n) is 6.81. The van der Waals surface area contributed by atoms with Crippen molar-refractivity contribution in [2.24, 2.45) is 0 Å². The van der Waals surface area contributed by atoms with Crippen LogP contribution in [0.15, 0.2) is 97.2 Å². The Morgan fingerprint density at radius 3 is 2.11 bits per heavy atom. The third-order valence-corrected chi connectivity index (χ3v) is 7.06. The highest BCUT2D eigenvalue weighted by atomic mass is 35.5. The quantitative estimate of drug-likeness (QED) is 0.109. The molecule has 0 aliphatic heterocycles. The molecule has 3 aromatic carbocycles. The number of ether oxygens (including phenoxy) is 2. The molecule has 4 amide bonds. The van der Waals surface area contributed by atoms with Crippen LogP contribution in [0.1, 0.15) is 12.8 Å². The summed E-state index contributed by atoms with van der Waals surface area (Å²) in [7, 11) is 7.85. The van der Waals surface area contributed by atoms with Crippen molar-refractivity contribution in [3.05, 3.63) is 102 Å². The lowest BCUT2D eigenvalue weighted by Crippen LogP contribution is -2.56. The molecule has 0 saturated carbocycles. The number of carbonyl (C=O) groups is 2. The molecule has 47 heavy (non-hydrogen) atoms. The lowest BCUT2D eigenvalue weighted by Gasteiger charge is -2.35. The zero-order chi connectivity index (χ0) is 33.6. The zero-order valence-corrected chi connectivity index (χ0v) is 28.0. The maximum atomic E-state index is 14.3. The number of aromatic nitrogens is 1. The molecule has 248 valence electrons. The van der Waals surface area contributed by atoms with Crippen LogP contribution < -0.4 is 25.1 Å². The van der Waals surface area contributed by atoms with E-state index in [-0.39, 0.29) is 18.1 Å². The molecule has 0 aliphatic rings. The molecule has 0 bridgehead atoms. The first kappa shape index (κ1) is 35.0. The minimum absolute atomic E-state index is 0.136. The maximum Gasteiger partial charge on any atom is 0.341 e. The first-order valence-corrected chi connectivity index (χ1v) is 15.8.